The summed E-state index contributed by atoms with van der Waals surface area (Å²) in [6.45, 7) is 3.36. The molecule has 0 aliphatic heterocycles. The number of aliphatic hydroxyl groups is 1. The van der Waals surface area contributed by atoms with Gasteiger partial charge in [-0.2, -0.15) is 0 Å². The van der Waals surface area contributed by atoms with Gasteiger partial charge in [-0.1, -0.05) is 19.1 Å². The van der Waals surface area contributed by atoms with Crippen LogP contribution in [-0.4, -0.2) is 47.1 Å². The molecule has 1 amide bonds. The Morgan fingerprint density at radius 1 is 1.39 bits per heavy atom. The highest BCUT2D eigenvalue weighted by Crippen LogP contribution is 2.21. The van der Waals surface area contributed by atoms with Gasteiger partial charge in [-0.15, -0.1) is 11.3 Å². The Morgan fingerprint density at radius 3 is 2.78 bits per heavy atom. The molecule has 7 heteroatoms. The van der Waals surface area contributed by atoms with E-state index in [1.54, 1.807) is 18.3 Å². The maximum atomic E-state index is 12.9. The highest BCUT2D eigenvalue weighted by molar-refractivity contribution is 7.15. The molecule has 0 atom stereocenters. The summed E-state index contributed by atoms with van der Waals surface area (Å²) in [6, 6.07) is 6.34. The first-order valence-electron chi connectivity index (χ1n) is 7.43. The summed E-state index contributed by atoms with van der Waals surface area (Å²) in [5.41, 5.74) is 0.994. The first-order chi connectivity index (χ1) is 11.1. The minimum absolute atomic E-state index is 0.0280. The topological polar surface area (TPSA) is 65.5 Å². The third-order valence-electron chi connectivity index (χ3n) is 3.32. The number of nitrogens with one attached hydrogen (secondary N) is 1. The fourth-order valence-corrected chi connectivity index (χ4v) is 2.97. The Hall–Kier alpha value is -1.83. The van der Waals surface area contributed by atoms with E-state index >= 15 is 0 Å². The molecule has 1 aromatic carbocycles. The number of carbonyl (C=O) groups excluding carboxylic acids is 1. The van der Waals surface area contributed by atoms with Gasteiger partial charge in [-0.05, 0) is 24.2 Å². The number of aromatic nitrogens is 1. The van der Waals surface area contributed by atoms with Gasteiger partial charge in [0.15, 0.2) is 5.13 Å². The smallest absolute Gasteiger partial charge is 0.240 e. The van der Waals surface area contributed by atoms with Gasteiger partial charge in [0.2, 0.25) is 5.91 Å². The number of rotatable bonds is 8. The van der Waals surface area contributed by atoms with Crippen LogP contribution in [0.5, 0.6) is 0 Å². The molecule has 124 valence electrons. The number of anilines is 1. The summed E-state index contributed by atoms with van der Waals surface area (Å²) < 4.78 is 12.9. The molecule has 1 aromatic heterocycles. The summed E-state index contributed by atoms with van der Waals surface area (Å²) in [7, 11) is 0. The number of nitrogens with zero attached hydrogens (tertiary/aromatic N) is 2. The number of halogens is 1. The van der Waals surface area contributed by atoms with E-state index in [0.717, 1.165) is 10.4 Å². The summed E-state index contributed by atoms with van der Waals surface area (Å²) in [4.78, 5) is 19.0. The maximum absolute atomic E-state index is 12.9. The molecule has 1 heterocycles. The number of benzene rings is 1. The Kier molecular flexibility index (Phi) is 6.64. The zero-order valence-corrected chi connectivity index (χ0v) is 13.8. The predicted octanol–water partition coefficient (Wildman–Crippen LogP) is 2.13. The summed E-state index contributed by atoms with van der Waals surface area (Å²) in [6.07, 6.45) is 2.37. The van der Waals surface area contributed by atoms with E-state index in [2.05, 4.69) is 10.3 Å². The van der Waals surface area contributed by atoms with E-state index in [1.807, 2.05) is 11.8 Å². The van der Waals surface area contributed by atoms with Crippen LogP contribution in [0.25, 0.3) is 0 Å². The van der Waals surface area contributed by atoms with E-state index in [4.69, 9.17) is 5.11 Å². The van der Waals surface area contributed by atoms with Gasteiger partial charge in [-0.3, -0.25) is 9.69 Å². The van der Waals surface area contributed by atoms with Crippen molar-refractivity contribution in [2.24, 2.45) is 0 Å². The molecule has 0 aliphatic rings. The van der Waals surface area contributed by atoms with Crippen molar-refractivity contribution < 1.29 is 14.3 Å². The highest BCUT2D eigenvalue weighted by atomic mass is 32.1. The van der Waals surface area contributed by atoms with Crippen molar-refractivity contribution in [2.75, 3.05) is 31.6 Å². The lowest BCUT2D eigenvalue weighted by Gasteiger charge is -2.17. The number of hydrogen-bond acceptors (Lipinski definition) is 5. The van der Waals surface area contributed by atoms with E-state index in [-0.39, 0.29) is 24.9 Å². The summed E-state index contributed by atoms with van der Waals surface area (Å²) in [5.74, 6) is -0.405. The van der Waals surface area contributed by atoms with Crippen molar-refractivity contribution in [2.45, 2.75) is 13.3 Å². The number of carbonyl (C=O) groups is 1. The maximum Gasteiger partial charge on any atom is 0.240 e. The minimum atomic E-state index is -0.255. The lowest BCUT2D eigenvalue weighted by atomic mass is 10.1. The largest absolute Gasteiger partial charge is 0.395 e. The van der Waals surface area contributed by atoms with Gasteiger partial charge in [-0.25, -0.2) is 9.37 Å². The molecule has 23 heavy (non-hydrogen) atoms. The standard InChI is InChI=1S/C16H20FN3O2S/c1-2-20(7-8-21)11-15(22)19-16-18-10-14(23-16)9-12-3-5-13(17)6-4-12/h3-6,10,21H,2,7-9,11H2,1H3,(H,18,19,22). The molecule has 2 aromatic rings. The van der Waals surface area contributed by atoms with Crippen LogP contribution in [-0.2, 0) is 11.2 Å². The van der Waals surface area contributed by atoms with Crippen molar-refractivity contribution in [1.29, 1.82) is 0 Å². The molecule has 0 bridgehead atoms. The Labute approximate surface area is 138 Å². The highest BCUT2D eigenvalue weighted by Gasteiger charge is 2.11. The van der Waals surface area contributed by atoms with Gasteiger partial charge in [0.05, 0.1) is 13.2 Å². The summed E-state index contributed by atoms with van der Waals surface area (Å²) >= 11 is 1.40. The van der Waals surface area contributed by atoms with E-state index in [9.17, 15) is 9.18 Å². The first kappa shape index (κ1) is 17.5. The zero-order chi connectivity index (χ0) is 16.7. The number of aliphatic hydroxyl groups excluding tert-OH is 1. The van der Waals surface area contributed by atoms with Crippen molar-refractivity contribution in [3.8, 4) is 0 Å². The second-order valence-corrected chi connectivity index (χ2v) is 6.19. The molecular formula is C16H20FN3O2S. The Balaban J connectivity index is 1.89. The van der Waals surface area contributed by atoms with Crippen LogP contribution in [0.4, 0.5) is 9.52 Å². The van der Waals surface area contributed by atoms with Gasteiger partial charge in [0.25, 0.3) is 0 Å². The quantitative estimate of drug-likeness (QED) is 0.774. The van der Waals surface area contributed by atoms with Crippen LogP contribution in [0, 0.1) is 5.82 Å². The van der Waals surface area contributed by atoms with Gasteiger partial charge in [0, 0.05) is 24.0 Å². The van der Waals surface area contributed by atoms with Gasteiger partial charge in [0.1, 0.15) is 5.82 Å². The fraction of sp³-hybridized carbons (Fsp3) is 0.375. The van der Waals surface area contributed by atoms with Gasteiger partial charge < -0.3 is 10.4 Å². The first-order valence-corrected chi connectivity index (χ1v) is 8.24. The third-order valence-corrected chi connectivity index (χ3v) is 4.23. The average molecular weight is 337 g/mol. The van der Waals surface area contributed by atoms with Crippen LogP contribution in [0.3, 0.4) is 0 Å². The molecule has 0 fully saturated rings. The van der Waals surface area contributed by atoms with Crippen molar-refractivity contribution in [3.05, 3.63) is 46.7 Å². The summed E-state index contributed by atoms with van der Waals surface area (Å²) in [5, 5.41) is 12.2. The number of hydrogen-bond donors (Lipinski definition) is 2. The van der Waals surface area contributed by atoms with E-state index < -0.39 is 0 Å². The molecule has 5 nitrogen and oxygen atoms in total. The SMILES string of the molecule is CCN(CCO)CC(=O)Nc1ncc(Cc2ccc(F)cc2)s1. The van der Waals surface area contributed by atoms with Crippen molar-refractivity contribution >= 4 is 22.4 Å². The van der Waals surface area contributed by atoms with Crippen LogP contribution >= 0.6 is 11.3 Å². The van der Waals surface area contributed by atoms with Crippen LogP contribution in [0.2, 0.25) is 0 Å². The molecule has 0 spiro atoms. The second-order valence-electron chi connectivity index (χ2n) is 5.08. The number of thiazole rings is 1. The van der Waals surface area contributed by atoms with E-state index in [1.165, 1.54) is 23.5 Å². The van der Waals surface area contributed by atoms with Crippen LogP contribution in [0.1, 0.15) is 17.4 Å². The molecule has 0 aliphatic carbocycles. The minimum Gasteiger partial charge on any atom is -0.395 e. The molecule has 0 saturated heterocycles. The molecule has 2 rings (SSSR count). The molecular weight excluding hydrogens is 317 g/mol. The molecule has 0 unspecified atom stereocenters. The van der Waals surface area contributed by atoms with Gasteiger partial charge >= 0.3 is 0 Å². The number of likely N-dealkylation sites (N-methyl/N-ethyl adjacent to an activating group) is 1. The van der Waals surface area contributed by atoms with Crippen molar-refractivity contribution in [1.82, 2.24) is 9.88 Å². The molecule has 0 radical (unpaired) electrons. The molecule has 0 saturated carbocycles. The molecule has 2 N–H and O–H groups in total. The monoisotopic (exact) mass is 337 g/mol. The lowest BCUT2D eigenvalue weighted by Crippen LogP contribution is -2.35. The Bertz CT molecular complexity index is 631. The van der Waals surface area contributed by atoms with Crippen LogP contribution in [0.15, 0.2) is 30.5 Å². The third kappa shape index (κ3) is 5.70. The fourth-order valence-electron chi connectivity index (χ4n) is 2.10. The van der Waals surface area contributed by atoms with E-state index in [0.29, 0.717) is 24.6 Å². The average Bonchev–Trinajstić information content (AvgIpc) is 2.96. The van der Waals surface area contributed by atoms with Crippen LogP contribution < -0.4 is 5.32 Å². The van der Waals surface area contributed by atoms with Crippen molar-refractivity contribution in [3.63, 3.8) is 0 Å². The normalized spacial score (nSPS) is 11.0. The Morgan fingerprint density at radius 2 is 2.13 bits per heavy atom. The second kappa shape index (κ2) is 8.71. The zero-order valence-electron chi connectivity index (χ0n) is 13.0. The lowest BCUT2D eigenvalue weighted by molar-refractivity contribution is -0.117. The predicted molar refractivity (Wildman–Crippen MR) is 89.1 cm³/mol. The number of amides is 1.